The van der Waals surface area contributed by atoms with E-state index < -0.39 is 0 Å². The van der Waals surface area contributed by atoms with E-state index in [1.165, 1.54) is 18.6 Å². The van der Waals surface area contributed by atoms with Crippen molar-refractivity contribution in [3.8, 4) is 5.75 Å². The van der Waals surface area contributed by atoms with Gasteiger partial charge in [0.1, 0.15) is 24.3 Å². The number of hydrogen-bond acceptors (Lipinski definition) is 4. The Morgan fingerprint density at radius 1 is 1.23 bits per heavy atom. The zero-order chi connectivity index (χ0) is 18.8. The number of benzene rings is 1. The van der Waals surface area contributed by atoms with Gasteiger partial charge in [0.2, 0.25) is 0 Å². The average Bonchev–Trinajstić information content (AvgIpc) is 2.61. The van der Waals surface area contributed by atoms with E-state index in [1.54, 1.807) is 6.07 Å². The van der Waals surface area contributed by atoms with Gasteiger partial charge in [-0.3, -0.25) is 0 Å². The molecule has 1 amide bonds. The van der Waals surface area contributed by atoms with Gasteiger partial charge in [0.05, 0.1) is 13.2 Å². The molecule has 6 heteroatoms. The van der Waals surface area contributed by atoms with Crippen molar-refractivity contribution in [1.82, 2.24) is 5.32 Å². The summed E-state index contributed by atoms with van der Waals surface area (Å²) in [5.41, 5.74) is 0.971. The Hall–Kier alpha value is -1.82. The molecule has 1 N–H and O–H groups in total. The van der Waals surface area contributed by atoms with Crippen LogP contribution in [0.1, 0.15) is 58.9 Å². The Bertz CT molecular complexity index is 565. The third-order valence-corrected chi connectivity index (χ3v) is 4.42. The lowest BCUT2D eigenvalue weighted by molar-refractivity contribution is 0.0688. The summed E-state index contributed by atoms with van der Waals surface area (Å²) in [4.78, 5) is 11.7. The molecule has 0 saturated heterocycles. The predicted octanol–water partition coefficient (Wildman–Crippen LogP) is 4.65. The van der Waals surface area contributed by atoms with Gasteiger partial charge in [-0.25, -0.2) is 9.18 Å². The Morgan fingerprint density at radius 3 is 2.73 bits per heavy atom. The highest BCUT2D eigenvalue weighted by molar-refractivity contribution is 5.67. The summed E-state index contributed by atoms with van der Waals surface area (Å²) in [5, 5.41) is 2.69. The number of amides is 1. The monoisotopic (exact) mass is 369 g/mol. The molecule has 0 atom stereocenters. The highest BCUT2D eigenvalue weighted by atomic mass is 19.1. The van der Waals surface area contributed by atoms with E-state index in [2.05, 4.69) is 5.32 Å². The van der Waals surface area contributed by atoms with Crippen LogP contribution in [-0.4, -0.2) is 38.6 Å². The van der Waals surface area contributed by atoms with Crippen molar-refractivity contribution >= 4 is 6.09 Å². The second-order valence-corrected chi connectivity index (χ2v) is 6.89. The molecule has 0 heterocycles. The number of alkyl carbamates (subject to hydrolysis) is 1. The molecule has 2 rings (SSSR count). The molecule has 0 unspecified atom stereocenters. The minimum absolute atomic E-state index is 0. The summed E-state index contributed by atoms with van der Waals surface area (Å²) in [5.74, 6) is 0.495. The van der Waals surface area contributed by atoms with Crippen LogP contribution in [0, 0.1) is 5.82 Å². The summed E-state index contributed by atoms with van der Waals surface area (Å²) in [7, 11) is 0. The van der Waals surface area contributed by atoms with Gasteiger partial charge >= 0.3 is 6.09 Å². The normalized spacial score (nSPS) is 15.1. The molecule has 1 aromatic carbocycles. The quantitative estimate of drug-likeness (QED) is 0.644. The zero-order valence-corrected chi connectivity index (χ0v) is 15.8. The Balaban J connectivity index is 0.00000364. The van der Waals surface area contributed by atoms with Gasteiger partial charge in [-0.1, -0.05) is 26.3 Å². The number of rotatable bonds is 9. The van der Waals surface area contributed by atoms with E-state index in [9.17, 15) is 9.18 Å². The molecule has 5 nitrogen and oxygen atoms in total. The van der Waals surface area contributed by atoms with Crippen molar-refractivity contribution < 1.29 is 24.8 Å². The topological polar surface area (TPSA) is 56.8 Å². The first-order valence-electron chi connectivity index (χ1n) is 9.50. The van der Waals surface area contributed by atoms with Gasteiger partial charge in [-0.15, -0.1) is 0 Å². The lowest BCUT2D eigenvalue weighted by Crippen LogP contribution is -2.32. The Kier molecular flexibility index (Phi) is 8.68. The maximum atomic E-state index is 13.4. The fraction of sp³-hybridized carbons (Fsp3) is 0.650. The van der Waals surface area contributed by atoms with Crippen LogP contribution < -0.4 is 10.1 Å². The molecule has 1 fully saturated rings. The molecule has 148 valence electrons. The summed E-state index contributed by atoms with van der Waals surface area (Å²) in [6.45, 7) is 5.54. The number of halogens is 1. The molecule has 1 saturated carbocycles. The predicted molar refractivity (Wildman–Crippen MR) is 100 cm³/mol. The van der Waals surface area contributed by atoms with Gasteiger partial charge < -0.3 is 19.5 Å². The Morgan fingerprint density at radius 2 is 2.00 bits per heavy atom. The van der Waals surface area contributed by atoms with Crippen molar-refractivity contribution in [3.05, 3.63) is 29.6 Å². The zero-order valence-electron chi connectivity index (χ0n) is 15.8. The number of ether oxygens (including phenoxy) is 3. The lowest BCUT2D eigenvalue weighted by atomic mass is 9.98. The van der Waals surface area contributed by atoms with Gasteiger partial charge in [0.25, 0.3) is 0 Å². The number of carbonyl (C=O) groups is 1. The lowest BCUT2D eigenvalue weighted by Gasteiger charge is -2.21. The van der Waals surface area contributed by atoms with Crippen LogP contribution >= 0.6 is 0 Å². The molecule has 0 spiro atoms. The Labute approximate surface area is 156 Å². The molecular weight excluding hydrogens is 337 g/mol. The molecule has 0 aliphatic heterocycles. The minimum Gasteiger partial charge on any atom is -0.491 e. The second-order valence-electron chi connectivity index (χ2n) is 6.89. The molecule has 0 radical (unpaired) electrons. The van der Waals surface area contributed by atoms with E-state index in [-0.39, 0.29) is 25.4 Å². The van der Waals surface area contributed by atoms with Gasteiger partial charge in [0.15, 0.2) is 0 Å². The van der Waals surface area contributed by atoms with Crippen molar-refractivity contribution in [2.45, 2.75) is 58.0 Å². The molecular formula is C20H32FNO4. The van der Waals surface area contributed by atoms with Crippen molar-refractivity contribution in [3.63, 3.8) is 0 Å². The van der Waals surface area contributed by atoms with Crippen molar-refractivity contribution in [1.29, 1.82) is 0 Å². The first kappa shape index (κ1) is 20.5. The van der Waals surface area contributed by atoms with Crippen LogP contribution in [0.4, 0.5) is 9.18 Å². The van der Waals surface area contributed by atoms with Crippen molar-refractivity contribution in [2.24, 2.45) is 0 Å². The van der Waals surface area contributed by atoms with E-state index >= 15 is 0 Å². The summed E-state index contributed by atoms with van der Waals surface area (Å²) < 4.78 is 29.8. The van der Waals surface area contributed by atoms with Crippen LogP contribution in [0.3, 0.4) is 0 Å². The highest BCUT2D eigenvalue weighted by Gasteiger charge is 2.17. The van der Waals surface area contributed by atoms with E-state index in [1.807, 2.05) is 13.8 Å². The summed E-state index contributed by atoms with van der Waals surface area (Å²) in [6, 6.07) is 4.59. The fourth-order valence-electron chi connectivity index (χ4n) is 3.02. The highest BCUT2D eigenvalue weighted by Crippen LogP contribution is 2.27. The van der Waals surface area contributed by atoms with Crippen LogP contribution in [0.2, 0.25) is 0 Å². The van der Waals surface area contributed by atoms with Gasteiger partial charge in [0, 0.05) is 14.0 Å². The van der Waals surface area contributed by atoms with E-state index in [0.29, 0.717) is 32.1 Å². The second kappa shape index (κ2) is 11.0. The van der Waals surface area contributed by atoms with Crippen molar-refractivity contribution in [2.75, 3.05) is 26.4 Å². The molecule has 0 aromatic heterocycles. The first-order chi connectivity index (χ1) is 12.6. The van der Waals surface area contributed by atoms with Crippen LogP contribution in [-0.2, 0) is 9.47 Å². The maximum Gasteiger partial charge on any atom is 0.407 e. The van der Waals surface area contributed by atoms with Gasteiger partial charge in [-0.05, 0) is 43.2 Å². The maximum absolute atomic E-state index is 13.4. The smallest absolute Gasteiger partial charge is 0.407 e. The largest absolute Gasteiger partial charge is 0.491 e. The molecule has 1 aromatic rings. The number of hydrogen-bond donors (Lipinski definition) is 1. The van der Waals surface area contributed by atoms with E-state index in [0.717, 1.165) is 31.2 Å². The average molecular weight is 369 g/mol. The van der Waals surface area contributed by atoms with E-state index in [4.69, 9.17) is 14.2 Å². The number of carbonyl (C=O) groups excluding carboxylic acids is 1. The van der Waals surface area contributed by atoms with Gasteiger partial charge in [-0.2, -0.15) is 0 Å². The number of nitrogens with one attached hydrogen (secondary N) is 1. The third kappa shape index (κ3) is 7.20. The molecule has 1 aliphatic carbocycles. The minimum atomic E-state index is -0.377. The first-order valence-corrected chi connectivity index (χ1v) is 9.50. The van der Waals surface area contributed by atoms with Crippen LogP contribution in [0.25, 0.3) is 0 Å². The fourth-order valence-corrected chi connectivity index (χ4v) is 3.02. The molecule has 26 heavy (non-hydrogen) atoms. The van der Waals surface area contributed by atoms with Crippen LogP contribution in [0.15, 0.2) is 18.2 Å². The summed E-state index contributed by atoms with van der Waals surface area (Å²) >= 11 is 0. The van der Waals surface area contributed by atoms with Crippen LogP contribution in [0.5, 0.6) is 5.75 Å². The summed E-state index contributed by atoms with van der Waals surface area (Å²) in [6.07, 6.45) is 5.08. The standard InChI is InChI=1S/C20H30FNO4.H2/c1-15(2)18-9-8-16(21)14-19(18)25-13-12-24-11-10-22-20(23)26-17-6-4-3-5-7-17;/h8-9,14-15,17H,3-7,10-13H2,1-2H3,(H,22,23);1H. The SMILES string of the molecule is CC(C)c1ccc(F)cc1OCCOCCNC(=O)OC1CCCCC1.[HH]. The molecule has 1 aliphatic rings. The third-order valence-electron chi connectivity index (χ3n) is 4.42. The molecule has 0 bridgehead atoms.